The van der Waals surface area contributed by atoms with Gasteiger partial charge in [0.1, 0.15) is 24.1 Å². The van der Waals surface area contributed by atoms with E-state index < -0.39 is 25.0 Å². The maximum absolute atomic E-state index is 12.7. The minimum absolute atomic E-state index is 0.00547. The monoisotopic (exact) mass is 404 g/mol. The van der Waals surface area contributed by atoms with Crippen molar-refractivity contribution in [2.75, 3.05) is 12.0 Å². The average molecular weight is 404 g/mol. The molecular weight excluding hydrogens is 385 g/mol. The molecule has 0 radical (unpaired) electrons. The van der Waals surface area contributed by atoms with Crippen molar-refractivity contribution in [2.45, 2.75) is 19.4 Å². The van der Waals surface area contributed by atoms with E-state index in [-0.39, 0.29) is 5.69 Å². The molecule has 3 rings (SSSR count). The first-order valence-corrected chi connectivity index (χ1v) is 8.73. The van der Waals surface area contributed by atoms with E-state index in [1.807, 2.05) is 36.5 Å². The fourth-order valence-electron chi connectivity index (χ4n) is 2.63. The number of aryl methyl sites for hydroxylation is 2. The highest BCUT2D eigenvalue weighted by molar-refractivity contribution is 5.93. The maximum Gasteiger partial charge on any atom is 0.270 e. The Kier molecular flexibility index (Phi) is 6.10. The van der Waals surface area contributed by atoms with Crippen LogP contribution in [0.3, 0.4) is 0 Å². The zero-order valence-electron chi connectivity index (χ0n) is 15.7. The second kappa shape index (κ2) is 8.72. The fourth-order valence-corrected chi connectivity index (χ4v) is 2.63. The van der Waals surface area contributed by atoms with E-state index in [0.717, 1.165) is 11.3 Å². The van der Waals surface area contributed by atoms with Crippen LogP contribution in [0, 0.1) is 6.92 Å². The minimum atomic E-state index is -3.01. The number of halogens is 3. The van der Waals surface area contributed by atoms with Crippen LogP contribution < -0.4 is 10.6 Å². The van der Waals surface area contributed by atoms with E-state index in [4.69, 9.17) is 0 Å². The molecule has 0 bridgehead atoms. The van der Waals surface area contributed by atoms with Crippen molar-refractivity contribution in [3.63, 3.8) is 0 Å². The largest absolute Gasteiger partial charge is 0.340 e. The number of carbonyl (C=O) groups excluding carboxylic acids is 1. The topological polar surface area (TPSA) is 84.7 Å². The molecule has 152 valence electrons. The molecule has 0 unspecified atom stereocenters. The predicted octanol–water partition coefficient (Wildman–Crippen LogP) is 3.26. The van der Waals surface area contributed by atoms with Gasteiger partial charge in [-0.1, -0.05) is 12.1 Å². The van der Waals surface area contributed by atoms with Crippen molar-refractivity contribution in [3.05, 3.63) is 53.9 Å². The van der Waals surface area contributed by atoms with Gasteiger partial charge in [0.2, 0.25) is 5.95 Å². The van der Waals surface area contributed by atoms with Crippen molar-refractivity contribution >= 4 is 17.5 Å². The van der Waals surface area contributed by atoms with E-state index in [9.17, 15) is 18.0 Å². The smallest absolute Gasteiger partial charge is 0.270 e. The van der Waals surface area contributed by atoms with Crippen molar-refractivity contribution < 1.29 is 18.0 Å². The average Bonchev–Trinajstić information content (AvgIpc) is 3.08. The number of alkyl halides is 3. The third kappa shape index (κ3) is 4.89. The van der Waals surface area contributed by atoms with Gasteiger partial charge >= 0.3 is 0 Å². The zero-order valence-corrected chi connectivity index (χ0v) is 15.7. The second-order valence-electron chi connectivity index (χ2n) is 6.37. The predicted molar refractivity (Wildman–Crippen MR) is 102 cm³/mol. The Balaban J connectivity index is 1.81. The van der Waals surface area contributed by atoms with Crippen LogP contribution in [0.25, 0.3) is 11.4 Å². The van der Waals surface area contributed by atoms with Gasteiger partial charge in [0.05, 0.1) is 5.69 Å². The number of hydrogen-bond donors (Lipinski definition) is 2. The molecule has 1 amide bonds. The third-order valence-electron chi connectivity index (χ3n) is 4.09. The summed E-state index contributed by atoms with van der Waals surface area (Å²) in [5.74, 6) is -0.513. The Hall–Kier alpha value is -3.43. The summed E-state index contributed by atoms with van der Waals surface area (Å²) in [5.41, 5.74) is 2.67. The number of hydrogen-bond acceptors (Lipinski definition) is 5. The van der Waals surface area contributed by atoms with E-state index in [2.05, 4.69) is 20.4 Å². The Morgan fingerprint density at radius 3 is 2.69 bits per heavy atom. The first-order chi connectivity index (χ1) is 13.9. The molecule has 2 N–H and O–H groups in total. The summed E-state index contributed by atoms with van der Waals surface area (Å²) < 4.78 is 39.3. The fraction of sp³-hybridized carbons (Fsp3) is 0.263. The lowest BCUT2D eigenvalue weighted by molar-refractivity contribution is 0.0674. The highest BCUT2D eigenvalue weighted by Gasteiger charge is 2.25. The summed E-state index contributed by atoms with van der Waals surface area (Å²) in [6.45, 7) is 0.596. The Labute approximate surface area is 165 Å². The van der Waals surface area contributed by atoms with Crippen LogP contribution in [0.2, 0.25) is 0 Å². The van der Waals surface area contributed by atoms with Crippen LogP contribution >= 0.6 is 0 Å². The van der Waals surface area contributed by atoms with Crippen molar-refractivity contribution in [1.29, 1.82) is 0 Å². The number of rotatable bonds is 7. The molecule has 2 heterocycles. The molecule has 1 aromatic carbocycles. The normalized spacial score (nSPS) is 12.1. The Morgan fingerprint density at radius 1 is 1.21 bits per heavy atom. The molecule has 0 fully saturated rings. The molecule has 29 heavy (non-hydrogen) atoms. The van der Waals surface area contributed by atoms with Gasteiger partial charge in [0.15, 0.2) is 0 Å². The Morgan fingerprint density at radius 2 is 2.00 bits per heavy atom. The van der Waals surface area contributed by atoms with Crippen molar-refractivity contribution in [1.82, 2.24) is 25.1 Å². The maximum atomic E-state index is 12.7. The van der Waals surface area contributed by atoms with E-state index in [0.29, 0.717) is 17.3 Å². The molecule has 3 aromatic rings. The first-order valence-electron chi connectivity index (χ1n) is 8.73. The standard InChI is InChI=1S/C19H19F3N6O/c1-11-4-3-5-12(8-11)24-19-23-7-6-13(26-19)14-9-16(28(2)27-14)18(29)25-15(10-20)17(21)22/h3-9,15,17H,10H2,1-2H3,(H,25,29)(H,23,24,26)/t15-/m0/s1. The van der Waals surface area contributed by atoms with Crippen LogP contribution in [0.4, 0.5) is 24.8 Å². The second-order valence-corrected chi connectivity index (χ2v) is 6.37. The minimum Gasteiger partial charge on any atom is -0.340 e. The summed E-state index contributed by atoms with van der Waals surface area (Å²) in [4.78, 5) is 20.7. The van der Waals surface area contributed by atoms with Gasteiger partial charge < -0.3 is 10.6 Å². The number of nitrogens with zero attached hydrogens (tertiary/aromatic N) is 4. The Bertz CT molecular complexity index is 1010. The lowest BCUT2D eigenvalue weighted by Gasteiger charge is -2.13. The van der Waals surface area contributed by atoms with E-state index in [1.54, 1.807) is 6.07 Å². The number of anilines is 2. The summed E-state index contributed by atoms with van der Waals surface area (Å²) in [6.07, 6.45) is -1.47. The van der Waals surface area contributed by atoms with Crippen LogP contribution in [0.1, 0.15) is 16.1 Å². The molecule has 7 nitrogen and oxygen atoms in total. The van der Waals surface area contributed by atoms with Crippen LogP contribution in [-0.2, 0) is 7.05 Å². The molecule has 0 spiro atoms. The van der Waals surface area contributed by atoms with E-state index >= 15 is 0 Å². The van der Waals surface area contributed by atoms with Crippen LogP contribution in [0.15, 0.2) is 42.6 Å². The van der Waals surface area contributed by atoms with Gasteiger partial charge in [-0.05, 0) is 36.8 Å². The van der Waals surface area contributed by atoms with E-state index in [1.165, 1.54) is 24.0 Å². The van der Waals surface area contributed by atoms with Gasteiger partial charge in [0, 0.05) is 18.9 Å². The van der Waals surface area contributed by atoms with Gasteiger partial charge in [-0.2, -0.15) is 5.10 Å². The lowest BCUT2D eigenvalue weighted by atomic mass is 10.2. The highest BCUT2D eigenvalue weighted by Crippen LogP contribution is 2.20. The number of amides is 1. The number of benzene rings is 1. The molecule has 1 atom stereocenters. The summed E-state index contributed by atoms with van der Waals surface area (Å²) in [7, 11) is 1.48. The molecule has 10 heteroatoms. The molecular formula is C19H19F3N6O. The van der Waals surface area contributed by atoms with Crippen LogP contribution in [-0.4, -0.2) is 44.8 Å². The molecule has 0 aliphatic heterocycles. The number of nitrogens with one attached hydrogen (secondary N) is 2. The van der Waals surface area contributed by atoms with Gasteiger partial charge in [-0.15, -0.1) is 0 Å². The van der Waals surface area contributed by atoms with Crippen molar-refractivity contribution in [3.8, 4) is 11.4 Å². The van der Waals surface area contributed by atoms with Crippen molar-refractivity contribution in [2.24, 2.45) is 7.05 Å². The van der Waals surface area contributed by atoms with Gasteiger partial charge in [-0.25, -0.2) is 23.1 Å². The van der Waals surface area contributed by atoms with Gasteiger partial charge in [0.25, 0.3) is 12.3 Å². The quantitative estimate of drug-likeness (QED) is 0.632. The van der Waals surface area contributed by atoms with Crippen LogP contribution in [0.5, 0.6) is 0 Å². The number of aromatic nitrogens is 4. The number of carbonyl (C=O) groups is 1. The van der Waals surface area contributed by atoms with Gasteiger partial charge in [-0.3, -0.25) is 9.48 Å². The summed E-state index contributed by atoms with van der Waals surface area (Å²) in [6, 6.07) is 8.80. The molecule has 0 saturated carbocycles. The zero-order chi connectivity index (χ0) is 21.0. The SMILES string of the molecule is Cc1cccc(Nc2nccc(-c3cc(C(=O)N[C@@H](CF)C(F)F)n(C)n3)n2)c1. The molecule has 0 saturated heterocycles. The molecule has 2 aromatic heterocycles. The summed E-state index contributed by atoms with van der Waals surface area (Å²) in [5, 5.41) is 9.25. The third-order valence-corrected chi connectivity index (χ3v) is 4.09. The highest BCUT2D eigenvalue weighted by atomic mass is 19.3. The summed E-state index contributed by atoms with van der Waals surface area (Å²) >= 11 is 0. The lowest BCUT2D eigenvalue weighted by Crippen LogP contribution is -2.42. The molecule has 0 aliphatic rings. The molecule has 0 aliphatic carbocycles. The first kappa shape index (κ1) is 20.3.